The fraction of sp³-hybridized carbons (Fsp3) is 0.182. The number of nitrogen functional groups attached to an aromatic ring is 1. The van der Waals surface area contributed by atoms with E-state index in [4.69, 9.17) is 10.5 Å². The number of benzene rings is 1. The second-order valence-corrected chi connectivity index (χ2v) is 3.40. The Bertz CT molecular complexity index is 513. The molecule has 0 saturated heterocycles. The van der Waals surface area contributed by atoms with Gasteiger partial charge in [0.2, 0.25) is 5.82 Å². The molecule has 1 aromatic heterocycles. The van der Waals surface area contributed by atoms with Crippen molar-refractivity contribution in [1.82, 2.24) is 9.78 Å². The smallest absolute Gasteiger partial charge is 0.200 e. The third-order valence-electron chi connectivity index (χ3n) is 2.16. The number of hydrogen-bond donors (Lipinski definition) is 1. The van der Waals surface area contributed by atoms with Crippen molar-refractivity contribution in [1.29, 1.82) is 0 Å². The number of nitrogens with zero attached hydrogens (tertiary/aromatic N) is 2. The zero-order chi connectivity index (χ0) is 12.3. The normalized spacial score (nSPS) is 10.5. The van der Waals surface area contributed by atoms with Crippen LogP contribution in [-0.4, -0.2) is 16.4 Å². The highest BCUT2D eigenvalue weighted by Gasteiger charge is 2.08. The highest BCUT2D eigenvalue weighted by molar-refractivity contribution is 5.25. The molecule has 2 N–H and O–H groups in total. The first kappa shape index (κ1) is 11.4. The molecular formula is C11H11F2N3O. The number of aromatic nitrogens is 2. The van der Waals surface area contributed by atoms with Gasteiger partial charge in [-0.25, -0.2) is 4.39 Å². The molecule has 4 nitrogen and oxygen atoms in total. The Morgan fingerprint density at radius 2 is 2.12 bits per heavy atom. The van der Waals surface area contributed by atoms with Gasteiger partial charge in [0.15, 0.2) is 11.6 Å². The second-order valence-electron chi connectivity index (χ2n) is 3.40. The Morgan fingerprint density at radius 1 is 1.29 bits per heavy atom. The molecule has 1 aromatic carbocycles. The van der Waals surface area contributed by atoms with Crippen LogP contribution >= 0.6 is 0 Å². The Labute approximate surface area is 96.6 Å². The predicted molar refractivity (Wildman–Crippen MR) is 58.5 cm³/mol. The van der Waals surface area contributed by atoms with E-state index in [9.17, 15) is 8.78 Å². The van der Waals surface area contributed by atoms with Crippen molar-refractivity contribution in [2.24, 2.45) is 0 Å². The van der Waals surface area contributed by atoms with Crippen molar-refractivity contribution in [2.75, 3.05) is 12.3 Å². The van der Waals surface area contributed by atoms with E-state index in [0.29, 0.717) is 12.4 Å². The molecule has 90 valence electrons. The van der Waals surface area contributed by atoms with E-state index in [-0.39, 0.29) is 12.4 Å². The summed E-state index contributed by atoms with van der Waals surface area (Å²) in [6.45, 7) is 0.592. The summed E-state index contributed by atoms with van der Waals surface area (Å²) < 4.78 is 32.7. The lowest BCUT2D eigenvalue weighted by molar-refractivity contribution is 0.274. The zero-order valence-corrected chi connectivity index (χ0v) is 8.94. The van der Waals surface area contributed by atoms with Crippen LogP contribution in [0.25, 0.3) is 0 Å². The number of ether oxygens (including phenoxy) is 1. The van der Waals surface area contributed by atoms with Crippen molar-refractivity contribution < 1.29 is 13.5 Å². The van der Waals surface area contributed by atoms with E-state index in [1.165, 1.54) is 12.1 Å². The fourth-order valence-corrected chi connectivity index (χ4v) is 1.35. The number of hydrogen-bond acceptors (Lipinski definition) is 3. The van der Waals surface area contributed by atoms with Gasteiger partial charge in [-0.15, -0.1) is 0 Å². The van der Waals surface area contributed by atoms with E-state index in [1.54, 1.807) is 16.9 Å². The number of halogens is 2. The van der Waals surface area contributed by atoms with Gasteiger partial charge in [-0.2, -0.15) is 9.49 Å². The maximum atomic E-state index is 13.2. The van der Waals surface area contributed by atoms with Gasteiger partial charge >= 0.3 is 0 Å². The Hall–Kier alpha value is -2.11. The molecule has 0 saturated carbocycles. The summed E-state index contributed by atoms with van der Waals surface area (Å²) in [5.74, 6) is -1.61. The van der Waals surface area contributed by atoms with Crippen molar-refractivity contribution >= 4 is 5.82 Å². The third kappa shape index (κ3) is 2.72. The van der Waals surface area contributed by atoms with Crippen LogP contribution in [0, 0.1) is 11.6 Å². The number of rotatable bonds is 4. The first-order valence-corrected chi connectivity index (χ1v) is 5.02. The topological polar surface area (TPSA) is 53.1 Å². The van der Waals surface area contributed by atoms with Gasteiger partial charge in [0.05, 0.1) is 6.54 Å². The van der Waals surface area contributed by atoms with Gasteiger partial charge in [-0.05, 0) is 18.2 Å². The van der Waals surface area contributed by atoms with Gasteiger partial charge in [-0.1, -0.05) is 6.07 Å². The minimum atomic E-state index is -0.979. The second kappa shape index (κ2) is 4.82. The van der Waals surface area contributed by atoms with Gasteiger partial charge in [0.1, 0.15) is 12.4 Å². The summed E-state index contributed by atoms with van der Waals surface area (Å²) in [4.78, 5) is 0. The van der Waals surface area contributed by atoms with Crippen LogP contribution in [0.15, 0.2) is 30.5 Å². The molecule has 0 fully saturated rings. The summed E-state index contributed by atoms with van der Waals surface area (Å²) in [5, 5.41) is 3.93. The van der Waals surface area contributed by atoms with Crippen LogP contribution in [0.3, 0.4) is 0 Å². The molecule has 6 heteroatoms. The minimum absolute atomic E-state index is 0.106. The Balaban J connectivity index is 1.92. The fourth-order valence-electron chi connectivity index (χ4n) is 1.35. The van der Waals surface area contributed by atoms with E-state index in [1.807, 2.05) is 0 Å². The average molecular weight is 239 g/mol. The predicted octanol–water partition coefficient (Wildman–Crippen LogP) is 1.82. The molecule has 0 aliphatic carbocycles. The molecule has 0 atom stereocenters. The standard InChI is InChI=1S/C11H11F2N3O/c12-8-2-1-3-9(11(8)13)17-7-6-16-5-4-10(14)15-16/h1-5H,6-7H2,(H2,14,15). The molecule has 0 aliphatic rings. The summed E-state index contributed by atoms with van der Waals surface area (Å²) in [5.41, 5.74) is 5.42. The van der Waals surface area contributed by atoms with Crippen molar-refractivity contribution in [2.45, 2.75) is 6.54 Å². The van der Waals surface area contributed by atoms with Gasteiger partial charge in [0.25, 0.3) is 0 Å². The maximum Gasteiger partial charge on any atom is 0.200 e. The maximum absolute atomic E-state index is 13.2. The lowest BCUT2D eigenvalue weighted by Crippen LogP contribution is -2.09. The SMILES string of the molecule is Nc1ccn(CCOc2cccc(F)c2F)n1. The molecule has 0 unspecified atom stereocenters. The van der Waals surface area contributed by atoms with Crippen molar-refractivity contribution in [3.63, 3.8) is 0 Å². The van der Waals surface area contributed by atoms with E-state index in [0.717, 1.165) is 6.07 Å². The summed E-state index contributed by atoms with van der Waals surface area (Å²) in [6.07, 6.45) is 1.68. The van der Waals surface area contributed by atoms with Crippen LogP contribution in [0.2, 0.25) is 0 Å². The lowest BCUT2D eigenvalue weighted by atomic mass is 10.3. The molecule has 0 spiro atoms. The highest BCUT2D eigenvalue weighted by atomic mass is 19.2. The zero-order valence-electron chi connectivity index (χ0n) is 8.94. The van der Waals surface area contributed by atoms with Crippen molar-refractivity contribution in [3.05, 3.63) is 42.1 Å². The van der Waals surface area contributed by atoms with Crippen LogP contribution in [0.4, 0.5) is 14.6 Å². The average Bonchev–Trinajstić information content (AvgIpc) is 2.70. The number of nitrogens with two attached hydrogens (primary N) is 1. The number of anilines is 1. The summed E-state index contributed by atoms with van der Waals surface area (Å²) in [6, 6.07) is 5.44. The summed E-state index contributed by atoms with van der Waals surface area (Å²) >= 11 is 0. The van der Waals surface area contributed by atoms with Gasteiger partial charge in [0, 0.05) is 6.20 Å². The quantitative estimate of drug-likeness (QED) is 0.885. The third-order valence-corrected chi connectivity index (χ3v) is 2.16. The first-order chi connectivity index (χ1) is 8.16. The largest absolute Gasteiger partial charge is 0.488 e. The molecule has 0 aliphatic heterocycles. The Kier molecular flexibility index (Phi) is 3.22. The van der Waals surface area contributed by atoms with Crippen LogP contribution in [-0.2, 0) is 6.54 Å². The molecule has 0 amide bonds. The van der Waals surface area contributed by atoms with Gasteiger partial charge in [-0.3, -0.25) is 4.68 Å². The van der Waals surface area contributed by atoms with E-state index in [2.05, 4.69) is 5.10 Å². The molecule has 17 heavy (non-hydrogen) atoms. The molecule has 0 bridgehead atoms. The van der Waals surface area contributed by atoms with Crippen LogP contribution < -0.4 is 10.5 Å². The molecule has 0 radical (unpaired) electrons. The van der Waals surface area contributed by atoms with E-state index < -0.39 is 11.6 Å². The Morgan fingerprint density at radius 3 is 2.82 bits per heavy atom. The molecule has 2 rings (SSSR count). The van der Waals surface area contributed by atoms with Crippen LogP contribution in [0.1, 0.15) is 0 Å². The van der Waals surface area contributed by atoms with Crippen molar-refractivity contribution in [3.8, 4) is 5.75 Å². The van der Waals surface area contributed by atoms with Crippen LogP contribution in [0.5, 0.6) is 5.75 Å². The monoisotopic (exact) mass is 239 g/mol. The minimum Gasteiger partial charge on any atom is -0.488 e. The van der Waals surface area contributed by atoms with Gasteiger partial charge < -0.3 is 10.5 Å². The highest BCUT2D eigenvalue weighted by Crippen LogP contribution is 2.18. The first-order valence-electron chi connectivity index (χ1n) is 5.02. The molecule has 2 aromatic rings. The van der Waals surface area contributed by atoms with E-state index >= 15 is 0 Å². The molecule has 1 heterocycles. The lowest BCUT2D eigenvalue weighted by Gasteiger charge is -2.07. The summed E-state index contributed by atoms with van der Waals surface area (Å²) in [7, 11) is 0. The molecular weight excluding hydrogens is 228 g/mol.